The summed E-state index contributed by atoms with van der Waals surface area (Å²) in [7, 11) is 0. The molecule has 0 aromatic carbocycles. The number of hydrogen-bond acceptors (Lipinski definition) is 3. The SMILES string of the molecule is C[C@H](N)C(=O)N1C[C@H](O)C[C@H]1C. The molecule has 4 heteroatoms. The number of amides is 1. The third-order valence-corrected chi connectivity index (χ3v) is 2.23. The largest absolute Gasteiger partial charge is 0.391 e. The third kappa shape index (κ3) is 1.76. The van der Waals surface area contributed by atoms with Gasteiger partial charge in [-0.3, -0.25) is 4.79 Å². The molecular weight excluding hydrogens is 156 g/mol. The van der Waals surface area contributed by atoms with E-state index in [-0.39, 0.29) is 18.1 Å². The molecule has 0 unspecified atom stereocenters. The van der Waals surface area contributed by atoms with E-state index in [0.717, 1.165) is 0 Å². The number of aliphatic hydroxyl groups excluding tert-OH is 1. The Morgan fingerprint density at radius 2 is 2.33 bits per heavy atom. The lowest BCUT2D eigenvalue weighted by Crippen LogP contribution is -2.44. The van der Waals surface area contributed by atoms with Gasteiger partial charge in [-0.05, 0) is 20.3 Å². The van der Waals surface area contributed by atoms with E-state index in [9.17, 15) is 9.90 Å². The minimum Gasteiger partial charge on any atom is -0.391 e. The number of rotatable bonds is 1. The van der Waals surface area contributed by atoms with Crippen LogP contribution in [0.1, 0.15) is 20.3 Å². The summed E-state index contributed by atoms with van der Waals surface area (Å²) >= 11 is 0. The summed E-state index contributed by atoms with van der Waals surface area (Å²) in [6, 6.07) is -0.337. The van der Waals surface area contributed by atoms with Gasteiger partial charge >= 0.3 is 0 Å². The van der Waals surface area contributed by atoms with Crippen molar-refractivity contribution in [3.8, 4) is 0 Å². The van der Waals surface area contributed by atoms with Gasteiger partial charge in [0.25, 0.3) is 0 Å². The zero-order chi connectivity index (χ0) is 9.30. The van der Waals surface area contributed by atoms with Gasteiger partial charge in [-0.25, -0.2) is 0 Å². The molecule has 3 N–H and O–H groups in total. The molecule has 12 heavy (non-hydrogen) atoms. The number of carbonyl (C=O) groups excluding carboxylic acids is 1. The monoisotopic (exact) mass is 172 g/mol. The quantitative estimate of drug-likeness (QED) is 0.550. The molecule has 0 aromatic heterocycles. The molecule has 1 aliphatic rings. The molecule has 4 nitrogen and oxygen atoms in total. The first-order valence-electron chi connectivity index (χ1n) is 4.26. The summed E-state index contributed by atoms with van der Waals surface area (Å²) in [6.07, 6.45) is 0.293. The van der Waals surface area contributed by atoms with Crippen LogP contribution in [0.15, 0.2) is 0 Å². The highest BCUT2D eigenvalue weighted by molar-refractivity contribution is 5.81. The van der Waals surface area contributed by atoms with Crippen LogP contribution in [-0.2, 0) is 4.79 Å². The second-order valence-electron chi connectivity index (χ2n) is 3.52. The number of nitrogens with two attached hydrogens (primary N) is 1. The molecule has 1 heterocycles. The average Bonchev–Trinajstić information content (AvgIpc) is 2.28. The maximum absolute atomic E-state index is 11.4. The number of aliphatic hydroxyl groups is 1. The Labute approximate surface area is 72.3 Å². The minimum atomic E-state index is -0.460. The number of β-amino-alcohol motifs (C(OH)–C–C–N with tert-alkyl or cyclic N) is 1. The van der Waals surface area contributed by atoms with Crippen molar-refractivity contribution in [2.24, 2.45) is 5.73 Å². The van der Waals surface area contributed by atoms with Gasteiger partial charge in [0.2, 0.25) is 5.91 Å². The van der Waals surface area contributed by atoms with Crippen molar-refractivity contribution in [1.82, 2.24) is 4.90 Å². The van der Waals surface area contributed by atoms with Gasteiger partial charge in [-0.1, -0.05) is 0 Å². The van der Waals surface area contributed by atoms with Gasteiger partial charge in [0, 0.05) is 12.6 Å². The van der Waals surface area contributed by atoms with Crippen LogP contribution in [0.5, 0.6) is 0 Å². The molecule has 1 saturated heterocycles. The molecule has 1 rings (SSSR count). The second kappa shape index (κ2) is 3.41. The van der Waals surface area contributed by atoms with Gasteiger partial charge in [-0.15, -0.1) is 0 Å². The van der Waals surface area contributed by atoms with Crippen molar-refractivity contribution >= 4 is 5.91 Å². The van der Waals surface area contributed by atoms with Crippen molar-refractivity contribution < 1.29 is 9.90 Å². The molecule has 0 spiro atoms. The Kier molecular flexibility index (Phi) is 2.69. The van der Waals surface area contributed by atoms with E-state index < -0.39 is 6.04 Å². The van der Waals surface area contributed by atoms with Crippen molar-refractivity contribution in [2.45, 2.75) is 38.5 Å². The van der Waals surface area contributed by atoms with Crippen LogP contribution in [0.2, 0.25) is 0 Å². The molecule has 1 fully saturated rings. The number of likely N-dealkylation sites (tertiary alicyclic amines) is 1. The van der Waals surface area contributed by atoms with Crippen molar-refractivity contribution in [3.05, 3.63) is 0 Å². The summed E-state index contributed by atoms with van der Waals surface area (Å²) in [5.74, 6) is -0.0703. The fraction of sp³-hybridized carbons (Fsp3) is 0.875. The first kappa shape index (κ1) is 9.48. The van der Waals surface area contributed by atoms with Gasteiger partial charge in [0.15, 0.2) is 0 Å². The van der Waals surface area contributed by atoms with Crippen molar-refractivity contribution in [3.63, 3.8) is 0 Å². The first-order valence-corrected chi connectivity index (χ1v) is 4.26. The van der Waals surface area contributed by atoms with E-state index in [4.69, 9.17) is 5.73 Å². The lowest BCUT2D eigenvalue weighted by Gasteiger charge is -2.22. The van der Waals surface area contributed by atoms with Gasteiger partial charge in [0.05, 0.1) is 12.1 Å². The Balaban J connectivity index is 2.58. The van der Waals surface area contributed by atoms with E-state index in [1.807, 2.05) is 6.92 Å². The summed E-state index contributed by atoms with van der Waals surface area (Å²) < 4.78 is 0. The predicted molar refractivity (Wildman–Crippen MR) is 45.4 cm³/mol. The van der Waals surface area contributed by atoms with Crippen LogP contribution in [-0.4, -0.2) is 40.6 Å². The van der Waals surface area contributed by atoms with Crippen LogP contribution in [0, 0.1) is 0 Å². The van der Waals surface area contributed by atoms with Crippen LogP contribution < -0.4 is 5.73 Å². The minimum absolute atomic E-state index is 0.0703. The van der Waals surface area contributed by atoms with E-state index in [2.05, 4.69) is 0 Å². The van der Waals surface area contributed by atoms with E-state index in [1.54, 1.807) is 11.8 Å². The molecule has 1 amide bonds. The molecule has 0 aromatic rings. The highest BCUT2D eigenvalue weighted by Gasteiger charge is 2.32. The van der Waals surface area contributed by atoms with Crippen LogP contribution in [0.25, 0.3) is 0 Å². The zero-order valence-electron chi connectivity index (χ0n) is 7.53. The van der Waals surface area contributed by atoms with Crippen LogP contribution >= 0.6 is 0 Å². The fourth-order valence-electron chi connectivity index (χ4n) is 1.57. The van der Waals surface area contributed by atoms with Crippen molar-refractivity contribution in [1.29, 1.82) is 0 Å². The topological polar surface area (TPSA) is 66.6 Å². The molecule has 0 saturated carbocycles. The summed E-state index contributed by atoms with van der Waals surface area (Å²) in [6.45, 7) is 4.03. The van der Waals surface area contributed by atoms with Crippen LogP contribution in [0.4, 0.5) is 0 Å². The predicted octanol–water partition coefficient (Wildman–Crippen LogP) is -0.685. The summed E-state index contributed by atoms with van der Waals surface area (Å²) in [4.78, 5) is 13.0. The average molecular weight is 172 g/mol. The molecular formula is C8H16N2O2. The van der Waals surface area contributed by atoms with E-state index >= 15 is 0 Å². The number of carbonyl (C=O) groups is 1. The standard InChI is InChI=1S/C8H16N2O2/c1-5-3-7(11)4-10(5)8(12)6(2)9/h5-7,11H,3-4,9H2,1-2H3/t5-,6+,7-/m1/s1. The molecule has 70 valence electrons. The Morgan fingerprint density at radius 3 is 2.67 bits per heavy atom. The van der Waals surface area contributed by atoms with Gasteiger partial charge in [0.1, 0.15) is 0 Å². The van der Waals surface area contributed by atoms with Crippen molar-refractivity contribution in [2.75, 3.05) is 6.54 Å². The first-order chi connectivity index (χ1) is 5.52. The van der Waals surface area contributed by atoms with E-state index in [1.165, 1.54) is 0 Å². The molecule has 1 aliphatic heterocycles. The molecule has 0 radical (unpaired) electrons. The smallest absolute Gasteiger partial charge is 0.239 e. The highest BCUT2D eigenvalue weighted by atomic mass is 16.3. The zero-order valence-corrected chi connectivity index (χ0v) is 7.53. The van der Waals surface area contributed by atoms with Crippen LogP contribution in [0.3, 0.4) is 0 Å². The Hall–Kier alpha value is -0.610. The maximum Gasteiger partial charge on any atom is 0.239 e. The van der Waals surface area contributed by atoms with Gasteiger partial charge < -0.3 is 15.7 Å². The Bertz CT molecular complexity index is 182. The molecule has 3 atom stereocenters. The second-order valence-corrected chi connectivity index (χ2v) is 3.52. The summed E-state index contributed by atoms with van der Waals surface area (Å²) in [5, 5.41) is 9.27. The van der Waals surface area contributed by atoms with Gasteiger partial charge in [-0.2, -0.15) is 0 Å². The maximum atomic E-state index is 11.4. The third-order valence-electron chi connectivity index (χ3n) is 2.23. The number of hydrogen-bond donors (Lipinski definition) is 2. The lowest BCUT2D eigenvalue weighted by atomic mass is 10.2. The highest BCUT2D eigenvalue weighted by Crippen LogP contribution is 2.17. The molecule has 0 aliphatic carbocycles. The molecule has 0 bridgehead atoms. The lowest BCUT2D eigenvalue weighted by molar-refractivity contribution is -0.133. The normalized spacial score (nSPS) is 32.2. The fourth-order valence-corrected chi connectivity index (χ4v) is 1.57. The van der Waals surface area contributed by atoms with E-state index in [0.29, 0.717) is 13.0 Å². The number of nitrogens with zero attached hydrogens (tertiary/aromatic N) is 1. The Morgan fingerprint density at radius 1 is 1.75 bits per heavy atom. The summed E-state index contributed by atoms with van der Waals surface area (Å²) in [5.41, 5.74) is 5.45.